The summed E-state index contributed by atoms with van der Waals surface area (Å²) in [5.41, 5.74) is 2.60. The van der Waals surface area contributed by atoms with Crippen LogP contribution in [0.5, 0.6) is 0 Å². The quantitative estimate of drug-likeness (QED) is 0.853. The summed E-state index contributed by atoms with van der Waals surface area (Å²) in [6.45, 7) is 10.9. The van der Waals surface area contributed by atoms with E-state index in [0.29, 0.717) is 0 Å². The maximum atomic E-state index is 4.69. The summed E-state index contributed by atoms with van der Waals surface area (Å²) in [7, 11) is 0. The number of pyridine rings is 1. The highest BCUT2D eigenvalue weighted by Gasteiger charge is 2.23. The highest BCUT2D eigenvalue weighted by molar-refractivity contribution is 5.48. The van der Waals surface area contributed by atoms with E-state index in [9.17, 15) is 0 Å². The maximum Gasteiger partial charge on any atom is 0.131 e. The zero-order valence-corrected chi connectivity index (χ0v) is 12.6. The van der Waals surface area contributed by atoms with Gasteiger partial charge in [-0.05, 0) is 49.4 Å². The van der Waals surface area contributed by atoms with Crippen molar-refractivity contribution in [2.45, 2.75) is 46.6 Å². The van der Waals surface area contributed by atoms with Crippen molar-refractivity contribution in [2.24, 2.45) is 5.92 Å². The summed E-state index contributed by atoms with van der Waals surface area (Å²) in [6, 6.07) is 2.28. The van der Waals surface area contributed by atoms with E-state index in [-0.39, 0.29) is 0 Å². The van der Waals surface area contributed by atoms with E-state index in [2.05, 4.69) is 37.1 Å². The van der Waals surface area contributed by atoms with Gasteiger partial charge in [0.05, 0.1) is 0 Å². The van der Waals surface area contributed by atoms with Gasteiger partial charge in [-0.1, -0.05) is 20.3 Å². The molecule has 0 amide bonds. The van der Waals surface area contributed by atoms with Crippen molar-refractivity contribution >= 4 is 5.82 Å². The zero-order valence-electron chi connectivity index (χ0n) is 12.6. The van der Waals surface area contributed by atoms with Crippen LogP contribution in [0.4, 0.5) is 5.82 Å². The van der Waals surface area contributed by atoms with E-state index in [4.69, 9.17) is 4.98 Å². The van der Waals surface area contributed by atoms with Crippen LogP contribution in [0.2, 0.25) is 0 Å². The molecule has 1 aromatic rings. The first-order chi connectivity index (χ1) is 9.24. The molecule has 1 N–H and O–H groups in total. The van der Waals surface area contributed by atoms with Crippen LogP contribution >= 0.6 is 0 Å². The largest absolute Gasteiger partial charge is 0.356 e. The number of nitrogens with zero attached hydrogens (tertiary/aromatic N) is 2. The molecule has 2 rings (SSSR count). The zero-order chi connectivity index (χ0) is 13.7. The molecular weight excluding hydrogens is 234 g/mol. The average molecular weight is 261 g/mol. The highest BCUT2D eigenvalue weighted by atomic mass is 15.2. The van der Waals surface area contributed by atoms with Crippen LogP contribution in [-0.2, 0) is 6.54 Å². The lowest BCUT2D eigenvalue weighted by atomic mass is 10.0. The number of aryl methyl sites for hydroxylation is 1. The van der Waals surface area contributed by atoms with Crippen molar-refractivity contribution in [2.75, 3.05) is 24.5 Å². The Morgan fingerprint density at radius 1 is 1.42 bits per heavy atom. The molecule has 1 saturated heterocycles. The molecule has 2 heterocycles. The number of rotatable bonds is 6. The first-order valence-corrected chi connectivity index (χ1v) is 7.65. The van der Waals surface area contributed by atoms with Gasteiger partial charge in [-0.2, -0.15) is 0 Å². The molecule has 0 radical (unpaired) electrons. The Labute approximate surface area is 117 Å². The number of hydrogen-bond acceptors (Lipinski definition) is 3. The normalized spacial score (nSPS) is 19.1. The third-order valence-electron chi connectivity index (χ3n) is 3.97. The second-order valence-electron chi connectivity index (χ2n) is 5.65. The Morgan fingerprint density at radius 2 is 2.26 bits per heavy atom. The van der Waals surface area contributed by atoms with Crippen molar-refractivity contribution in [3.63, 3.8) is 0 Å². The Balaban J connectivity index is 2.01. The van der Waals surface area contributed by atoms with Gasteiger partial charge < -0.3 is 10.2 Å². The number of nitrogens with one attached hydrogen (secondary N) is 1. The molecular formula is C16H27N3. The van der Waals surface area contributed by atoms with E-state index in [1.807, 2.05) is 6.20 Å². The number of aromatic nitrogens is 1. The predicted molar refractivity (Wildman–Crippen MR) is 81.6 cm³/mol. The molecule has 19 heavy (non-hydrogen) atoms. The van der Waals surface area contributed by atoms with Gasteiger partial charge in [0.25, 0.3) is 0 Å². The molecule has 0 aromatic carbocycles. The van der Waals surface area contributed by atoms with Crippen LogP contribution < -0.4 is 10.2 Å². The topological polar surface area (TPSA) is 28.2 Å². The van der Waals surface area contributed by atoms with E-state index in [0.717, 1.165) is 19.0 Å². The van der Waals surface area contributed by atoms with Gasteiger partial charge >= 0.3 is 0 Å². The van der Waals surface area contributed by atoms with Crippen molar-refractivity contribution in [3.8, 4) is 0 Å². The average Bonchev–Trinajstić information content (AvgIpc) is 2.85. The van der Waals surface area contributed by atoms with Crippen LogP contribution in [0.25, 0.3) is 0 Å². The molecule has 1 aliphatic heterocycles. The van der Waals surface area contributed by atoms with E-state index in [1.54, 1.807) is 0 Å². The van der Waals surface area contributed by atoms with Crippen molar-refractivity contribution in [1.29, 1.82) is 0 Å². The summed E-state index contributed by atoms with van der Waals surface area (Å²) in [5, 5.41) is 3.35. The molecule has 0 saturated carbocycles. The minimum absolute atomic E-state index is 0.868. The van der Waals surface area contributed by atoms with Gasteiger partial charge in [0, 0.05) is 25.8 Å². The third kappa shape index (κ3) is 3.69. The molecule has 1 unspecified atom stereocenters. The fraction of sp³-hybridized carbons (Fsp3) is 0.688. The minimum Gasteiger partial charge on any atom is -0.356 e. The molecule has 0 spiro atoms. The van der Waals surface area contributed by atoms with Crippen molar-refractivity contribution in [1.82, 2.24) is 10.3 Å². The molecule has 1 atom stereocenters. The SMILES string of the molecule is CCCC1CCN(c2ncc(CNCC)cc2C)C1. The van der Waals surface area contributed by atoms with Gasteiger partial charge in [0.15, 0.2) is 0 Å². The Morgan fingerprint density at radius 3 is 2.95 bits per heavy atom. The monoisotopic (exact) mass is 261 g/mol. The molecule has 0 aliphatic carbocycles. The second kappa shape index (κ2) is 6.90. The molecule has 1 aromatic heterocycles. The Bertz CT molecular complexity index is 403. The fourth-order valence-electron chi connectivity index (χ4n) is 2.99. The summed E-state index contributed by atoms with van der Waals surface area (Å²) >= 11 is 0. The van der Waals surface area contributed by atoms with Crippen LogP contribution in [0.15, 0.2) is 12.3 Å². The number of hydrogen-bond donors (Lipinski definition) is 1. The molecule has 3 nitrogen and oxygen atoms in total. The minimum atomic E-state index is 0.868. The second-order valence-corrected chi connectivity index (χ2v) is 5.65. The third-order valence-corrected chi connectivity index (χ3v) is 3.97. The van der Waals surface area contributed by atoms with Crippen LogP contribution in [0.1, 0.15) is 44.2 Å². The Hall–Kier alpha value is -1.09. The van der Waals surface area contributed by atoms with Crippen molar-refractivity contribution < 1.29 is 0 Å². The maximum absolute atomic E-state index is 4.69. The van der Waals surface area contributed by atoms with Gasteiger partial charge in [0.2, 0.25) is 0 Å². The van der Waals surface area contributed by atoms with E-state index in [1.165, 1.54) is 49.3 Å². The van der Waals surface area contributed by atoms with Crippen LogP contribution in [-0.4, -0.2) is 24.6 Å². The van der Waals surface area contributed by atoms with Crippen molar-refractivity contribution in [3.05, 3.63) is 23.4 Å². The smallest absolute Gasteiger partial charge is 0.131 e. The summed E-state index contributed by atoms with van der Waals surface area (Å²) in [6.07, 6.45) is 6.01. The van der Waals surface area contributed by atoms with E-state index >= 15 is 0 Å². The summed E-state index contributed by atoms with van der Waals surface area (Å²) in [5.74, 6) is 2.06. The van der Waals surface area contributed by atoms with Gasteiger partial charge in [-0.25, -0.2) is 4.98 Å². The van der Waals surface area contributed by atoms with Gasteiger partial charge in [-0.15, -0.1) is 0 Å². The lowest BCUT2D eigenvalue weighted by Crippen LogP contribution is -2.22. The molecule has 1 fully saturated rings. The predicted octanol–water partition coefficient (Wildman–Crippen LogP) is 3.13. The lowest BCUT2D eigenvalue weighted by molar-refractivity contribution is 0.529. The van der Waals surface area contributed by atoms with Gasteiger partial charge in [0.1, 0.15) is 5.82 Å². The van der Waals surface area contributed by atoms with Crippen LogP contribution in [0, 0.1) is 12.8 Å². The molecule has 3 heteroatoms. The summed E-state index contributed by atoms with van der Waals surface area (Å²) in [4.78, 5) is 7.16. The van der Waals surface area contributed by atoms with E-state index < -0.39 is 0 Å². The van der Waals surface area contributed by atoms with Crippen LogP contribution in [0.3, 0.4) is 0 Å². The summed E-state index contributed by atoms with van der Waals surface area (Å²) < 4.78 is 0. The Kier molecular flexibility index (Phi) is 5.20. The molecule has 106 valence electrons. The standard InChI is InChI=1S/C16H27N3/c1-4-6-14-7-8-19(12-14)16-13(3)9-15(11-18-16)10-17-5-2/h9,11,14,17H,4-8,10,12H2,1-3H3. The molecule has 0 bridgehead atoms. The lowest BCUT2D eigenvalue weighted by Gasteiger charge is -2.20. The molecule has 1 aliphatic rings. The first kappa shape index (κ1) is 14.3. The highest BCUT2D eigenvalue weighted by Crippen LogP contribution is 2.27. The fourth-order valence-corrected chi connectivity index (χ4v) is 2.99. The number of anilines is 1. The van der Waals surface area contributed by atoms with Gasteiger partial charge in [-0.3, -0.25) is 0 Å². The first-order valence-electron chi connectivity index (χ1n) is 7.65.